The SMILES string of the molecule is CCOc1cc([C@H]2C(C(=O)OCCSCC)=C(C)NC3=C2C(=O)C[C@H](c2ccc(Cl)cc2)C3)cc(Cl)c1O. The number of phenolic OH excluding ortho intramolecular Hbond substituents is 1. The molecule has 0 spiro atoms. The normalized spacial score (nSPS) is 19.2. The number of rotatable bonds is 9. The van der Waals surface area contributed by atoms with Crippen LogP contribution in [0.3, 0.4) is 0 Å². The van der Waals surface area contributed by atoms with E-state index in [0.717, 1.165) is 17.0 Å². The van der Waals surface area contributed by atoms with Crippen LogP contribution in [0.15, 0.2) is 58.9 Å². The van der Waals surface area contributed by atoms with E-state index in [2.05, 4.69) is 5.32 Å². The molecule has 0 saturated carbocycles. The molecule has 202 valence electrons. The number of dihydropyridines is 1. The summed E-state index contributed by atoms with van der Waals surface area (Å²) in [5, 5.41) is 14.5. The van der Waals surface area contributed by atoms with Crippen LogP contribution in [0.5, 0.6) is 11.5 Å². The van der Waals surface area contributed by atoms with Gasteiger partial charge in [-0.1, -0.05) is 42.3 Å². The Bertz CT molecular complexity index is 1290. The third-order valence-corrected chi connectivity index (χ3v) is 8.14. The van der Waals surface area contributed by atoms with Gasteiger partial charge in [0.25, 0.3) is 0 Å². The average Bonchev–Trinajstić information content (AvgIpc) is 2.88. The van der Waals surface area contributed by atoms with Crippen molar-refractivity contribution in [3.8, 4) is 11.5 Å². The number of aromatic hydroxyl groups is 1. The molecule has 38 heavy (non-hydrogen) atoms. The maximum absolute atomic E-state index is 13.8. The number of phenols is 1. The molecular weight excluding hydrogens is 545 g/mol. The standard InChI is InChI=1S/C29H31Cl2NO5S/c1-4-36-24-15-19(12-21(31)28(24)34)26-25(29(35)37-10-11-38-5-2)16(3)32-22-13-18(14-23(33)27(22)26)17-6-8-20(30)9-7-17/h6-9,12,15,18,26,32,34H,4-5,10-11,13-14H2,1-3H3/t18-,26+/m1/s1. The summed E-state index contributed by atoms with van der Waals surface area (Å²) in [6, 6.07) is 10.8. The van der Waals surface area contributed by atoms with Gasteiger partial charge in [-0.2, -0.15) is 11.8 Å². The second-order valence-electron chi connectivity index (χ2n) is 9.18. The summed E-state index contributed by atoms with van der Waals surface area (Å²) in [6.45, 7) is 6.24. The van der Waals surface area contributed by atoms with Crippen molar-refractivity contribution in [2.75, 3.05) is 24.7 Å². The van der Waals surface area contributed by atoms with Crippen LogP contribution in [0.1, 0.15) is 56.6 Å². The Morgan fingerprint density at radius 3 is 2.55 bits per heavy atom. The number of nitrogens with one attached hydrogen (secondary N) is 1. The number of allylic oxidation sites excluding steroid dienone is 3. The molecule has 0 aromatic heterocycles. The summed E-state index contributed by atoms with van der Waals surface area (Å²) in [5.74, 6) is 0.331. The van der Waals surface area contributed by atoms with Crippen molar-refractivity contribution in [3.63, 3.8) is 0 Å². The van der Waals surface area contributed by atoms with Gasteiger partial charge in [-0.25, -0.2) is 4.79 Å². The van der Waals surface area contributed by atoms with E-state index in [1.165, 1.54) is 0 Å². The van der Waals surface area contributed by atoms with Crippen LogP contribution < -0.4 is 10.1 Å². The minimum Gasteiger partial charge on any atom is -0.503 e. The van der Waals surface area contributed by atoms with Gasteiger partial charge in [-0.3, -0.25) is 4.79 Å². The van der Waals surface area contributed by atoms with Crippen molar-refractivity contribution < 1.29 is 24.2 Å². The van der Waals surface area contributed by atoms with Crippen LogP contribution in [-0.2, 0) is 14.3 Å². The van der Waals surface area contributed by atoms with Gasteiger partial charge in [-0.15, -0.1) is 0 Å². The van der Waals surface area contributed by atoms with E-state index in [9.17, 15) is 14.7 Å². The second-order valence-corrected chi connectivity index (χ2v) is 11.4. The monoisotopic (exact) mass is 575 g/mol. The zero-order chi connectivity index (χ0) is 27.4. The molecule has 2 aromatic carbocycles. The number of carbonyl (C=O) groups is 2. The van der Waals surface area contributed by atoms with Crippen LogP contribution in [0.2, 0.25) is 10.0 Å². The van der Waals surface area contributed by atoms with Crippen molar-refractivity contribution in [1.29, 1.82) is 0 Å². The van der Waals surface area contributed by atoms with Crippen molar-refractivity contribution >= 4 is 46.7 Å². The molecule has 0 radical (unpaired) electrons. The highest BCUT2D eigenvalue weighted by Crippen LogP contribution is 2.48. The molecule has 1 aliphatic carbocycles. The van der Waals surface area contributed by atoms with E-state index in [-0.39, 0.29) is 41.3 Å². The molecule has 1 aliphatic heterocycles. The number of hydrogen-bond donors (Lipinski definition) is 2. The number of hydrogen-bond acceptors (Lipinski definition) is 7. The number of carbonyl (C=O) groups excluding carboxylic acids is 2. The molecule has 4 rings (SSSR count). The lowest BCUT2D eigenvalue weighted by Crippen LogP contribution is -2.36. The zero-order valence-electron chi connectivity index (χ0n) is 21.6. The number of halogens is 2. The van der Waals surface area contributed by atoms with E-state index >= 15 is 0 Å². The molecule has 0 unspecified atom stereocenters. The van der Waals surface area contributed by atoms with Gasteiger partial charge in [0.05, 0.1) is 17.2 Å². The summed E-state index contributed by atoms with van der Waals surface area (Å²) < 4.78 is 11.3. The lowest BCUT2D eigenvalue weighted by atomic mass is 9.71. The van der Waals surface area contributed by atoms with E-state index in [4.69, 9.17) is 32.7 Å². The summed E-state index contributed by atoms with van der Waals surface area (Å²) >= 11 is 14.1. The Kier molecular flexibility index (Phi) is 9.34. The number of esters is 1. The van der Waals surface area contributed by atoms with Gasteiger partial charge in [-0.05, 0) is 67.3 Å². The Balaban J connectivity index is 1.78. The fourth-order valence-corrected chi connectivity index (χ4v) is 5.89. The van der Waals surface area contributed by atoms with E-state index in [0.29, 0.717) is 46.2 Å². The molecule has 2 N–H and O–H groups in total. The topological polar surface area (TPSA) is 84.9 Å². The molecule has 0 saturated heterocycles. The first-order chi connectivity index (χ1) is 18.2. The third-order valence-electron chi connectivity index (χ3n) is 6.74. The van der Waals surface area contributed by atoms with Crippen LogP contribution >= 0.6 is 35.0 Å². The number of ether oxygens (including phenoxy) is 2. The summed E-state index contributed by atoms with van der Waals surface area (Å²) in [7, 11) is 0. The maximum atomic E-state index is 13.8. The quantitative estimate of drug-likeness (QED) is 0.252. The number of ketones is 1. The van der Waals surface area contributed by atoms with Crippen molar-refractivity contribution in [2.24, 2.45) is 0 Å². The minimum absolute atomic E-state index is 0.0265. The smallest absolute Gasteiger partial charge is 0.336 e. The van der Waals surface area contributed by atoms with Gasteiger partial charge in [0, 0.05) is 40.1 Å². The number of benzene rings is 2. The zero-order valence-corrected chi connectivity index (χ0v) is 23.9. The number of thioether (sulfide) groups is 1. The van der Waals surface area contributed by atoms with E-state index in [1.807, 2.05) is 38.1 Å². The van der Waals surface area contributed by atoms with Crippen molar-refractivity contribution in [3.05, 3.63) is 80.1 Å². The van der Waals surface area contributed by atoms with E-state index in [1.54, 1.807) is 30.8 Å². The predicted molar refractivity (Wildman–Crippen MR) is 152 cm³/mol. The molecule has 6 nitrogen and oxygen atoms in total. The van der Waals surface area contributed by atoms with Crippen molar-refractivity contribution in [1.82, 2.24) is 5.32 Å². The average molecular weight is 577 g/mol. The molecule has 9 heteroatoms. The third kappa shape index (κ3) is 6.00. The highest BCUT2D eigenvalue weighted by atomic mass is 35.5. The first-order valence-corrected chi connectivity index (χ1v) is 14.6. The second kappa shape index (κ2) is 12.5. The van der Waals surface area contributed by atoms with Crippen LogP contribution in [0.4, 0.5) is 0 Å². The number of Topliss-reactive ketones (excluding diaryl/α,β-unsaturated/α-hetero) is 1. The van der Waals surface area contributed by atoms with E-state index < -0.39 is 11.9 Å². The molecule has 2 aliphatic rings. The summed E-state index contributed by atoms with van der Waals surface area (Å²) in [6.07, 6.45) is 0.882. The van der Waals surface area contributed by atoms with Gasteiger partial charge in [0.2, 0.25) is 0 Å². The maximum Gasteiger partial charge on any atom is 0.336 e. The molecule has 0 fully saturated rings. The highest BCUT2D eigenvalue weighted by Gasteiger charge is 2.42. The summed E-state index contributed by atoms with van der Waals surface area (Å²) in [5.41, 5.74) is 3.86. The minimum atomic E-state index is -0.714. The Hall–Kier alpha value is -2.61. The van der Waals surface area contributed by atoms with Gasteiger partial charge < -0.3 is 19.9 Å². The predicted octanol–water partition coefficient (Wildman–Crippen LogP) is 6.76. The van der Waals surface area contributed by atoms with Crippen LogP contribution in [-0.4, -0.2) is 41.6 Å². The van der Waals surface area contributed by atoms with Gasteiger partial charge in [0.1, 0.15) is 6.61 Å². The molecule has 1 heterocycles. The molecule has 2 atom stereocenters. The first kappa shape index (κ1) is 28.4. The fraction of sp³-hybridized carbons (Fsp3) is 0.379. The van der Waals surface area contributed by atoms with Crippen LogP contribution in [0, 0.1) is 0 Å². The Morgan fingerprint density at radius 2 is 1.87 bits per heavy atom. The highest BCUT2D eigenvalue weighted by molar-refractivity contribution is 7.99. The molecule has 0 amide bonds. The van der Waals surface area contributed by atoms with Gasteiger partial charge >= 0.3 is 5.97 Å². The Morgan fingerprint density at radius 1 is 1.13 bits per heavy atom. The largest absolute Gasteiger partial charge is 0.503 e. The first-order valence-electron chi connectivity index (χ1n) is 12.6. The molecule has 2 aromatic rings. The lowest BCUT2D eigenvalue weighted by molar-refractivity contribution is -0.138. The Labute approximate surface area is 237 Å². The lowest BCUT2D eigenvalue weighted by Gasteiger charge is -2.37. The van der Waals surface area contributed by atoms with Gasteiger partial charge in [0.15, 0.2) is 17.3 Å². The fourth-order valence-electron chi connectivity index (χ4n) is 5.05. The van der Waals surface area contributed by atoms with Crippen molar-refractivity contribution in [2.45, 2.75) is 45.4 Å². The van der Waals surface area contributed by atoms with Crippen LogP contribution in [0.25, 0.3) is 0 Å². The molecule has 0 bridgehead atoms. The molecular formula is C29H31Cl2NO5S. The summed E-state index contributed by atoms with van der Waals surface area (Å²) in [4.78, 5) is 27.2.